The number of carboxylic acids is 1. The number of benzene rings is 1. The number of para-hydroxylation sites is 1. The van der Waals surface area contributed by atoms with Gasteiger partial charge < -0.3 is 15.0 Å². The van der Waals surface area contributed by atoms with Crippen molar-refractivity contribution in [2.75, 3.05) is 6.54 Å². The van der Waals surface area contributed by atoms with Crippen LogP contribution in [0.25, 0.3) is 10.9 Å². The summed E-state index contributed by atoms with van der Waals surface area (Å²) in [5.41, 5.74) is 2.81. The number of hydrogen-bond donors (Lipinski definition) is 2. The lowest BCUT2D eigenvalue weighted by Crippen LogP contribution is -2.37. The molecule has 0 spiro atoms. The van der Waals surface area contributed by atoms with Crippen molar-refractivity contribution in [2.45, 2.75) is 13.0 Å². The van der Waals surface area contributed by atoms with Gasteiger partial charge in [-0.3, -0.25) is 4.79 Å². The molecular weight excluding hydrogens is 308 g/mol. The number of nitrogens with zero attached hydrogens (tertiary/aromatic N) is 3. The van der Waals surface area contributed by atoms with Crippen LogP contribution in [0.2, 0.25) is 0 Å². The Morgan fingerprint density at radius 2 is 1.88 bits per heavy atom. The van der Waals surface area contributed by atoms with Crippen LogP contribution in [0, 0.1) is 0 Å². The van der Waals surface area contributed by atoms with Crippen LogP contribution in [0.3, 0.4) is 0 Å². The smallest absolute Gasteiger partial charge is 0.356 e. The summed E-state index contributed by atoms with van der Waals surface area (Å²) in [5, 5.41) is 10.3. The second-order valence-corrected chi connectivity index (χ2v) is 5.66. The maximum absolute atomic E-state index is 12.7. The number of H-pyrrole nitrogens is 1. The fraction of sp³-hybridized carbons (Fsp3) is 0.176. The number of aromatic nitrogens is 3. The Balaban J connectivity index is 1.70. The zero-order valence-corrected chi connectivity index (χ0v) is 12.7. The number of hydrogen-bond acceptors (Lipinski definition) is 4. The predicted octanol–water partition coefficient (Wildman–Crippen LogP) is 1.85. The number of aromatic amines is 1. The molecule has 0 atom stereocenters. The monoisotopic (exact) mass is 322 g/mol. The van der Waals surface area contributed by atoms with E-state index in [9.17, 15) is 14.7 Å². The quantitative estimate of drug-likeness (QED) is 0.750. The van der Waals surface area contributed by atoms with Gasteiger partial charge in [-0.15, -0.1) is 0 Å². The lowest BCUT2D eigenvalue weighted by atomic mass is 10.0. The van der Waals surface area contributed by atoms with Gasteiger partial charge in [0.1, 0.15) is 0 Å². The van der Waals surface area contributed by atoms with Crippen molar-refractivity contribution in [1.29, 1.82) is 0 Å². The second kappa shape index (κ2) is 5.45. The topological polar surface area (TPSA) is 99.2 Å². The van der Waals surface area contributed by atoms with Crippen LogP contribution in [-0.4, -0.2) is 43.4 Å². The van der Waals surface area contributed by atoms with Crippen LogP contribution in [0.15, 0.2) is 36.7 Å². The third-order valence-electron chi connectivity index (χ3n) is 4.27. The average molecular weight is 322 g/mol. The molecule has 3 aromatic rings. The highest BCUT2D eigenvalue weighted by atomic mass is 16.4. The lowest BCUT2D eigenvalue weighted by molar-refractivity contribution is 0.0659. The second-order valence-electron chi connectivity index (χ2n) is 5.66. The van der Waals surface area contributed by atoms with Crippen LogP contribution >= 0.6 is 0 Å². The van der Waals surface area contributed by atoms with Gasteiger partial charge in [-0.05, 0) is 6.07 Å². The third-order valence-corrected chi connectivity index (χ3v) is 4.27. The summed E-state index contributed by atoms with van der Waals surface area (Å²) in [4.78, 5) is 36.7. The van der Waals surface area contributed by atoms with Gasteiger partial charge in [0.15, 0.2) is 11.4 Å². The van der Waals surface area contributed by atoms with E-state index < -0.39 is 11.9 Å². The molecule has 0 saturated heterocycles. The zero-order chi connectivity index (χ0) is 16.7. The summed E-state index contributed by atoms with van der Waals surface area (Å²) < 4.78 is 0. The number of aromatic carboxylic acids is 1. The van der Waals surface area contributed by atoms with Crippen molar-refractivity contribution in [3.05, 3.63) is 59.3 Å². The first-order chi connectivity index (χ1) is 11.6. The number of amides is 1. The van der Waals surface area contributed by atoms with E-state index in [1.807, 2.05) is 24.3 Å². The summed E-state index contributed by atoms with van der Waals surface area (Å²) in [7, 11) is 0. The molecule has 0 fully saturated rings. The molecule has 1 aromatic carbocycles. The van der Waals surface area contributed by atoms with Crippen LogP contribution in [0.1, 0.15) is 32.2 Å². The molecule has 7 nitrogen and oxygen atoms in total. The van der Waals surface area contributed by atoms with Crippen LogP contribution in [0.4, 0.5) is 0 Å². The molecule has 2 aromatic heterocycles. The van der Waals surface area contributed by atoms with E-state index in [1.165, 1.54) is 12.4 Å². The van der Waals surface area contributed by atoms with Crippen molar-refractivity contribution in [3.8, 4) is 0 Å². The Hall–Kier alpha value is -3.22. The zero-order valence-electron chi connectivity index (χ0n) is 12.7. The van der Waals surface area contributed by atoms with Gasteiger partial charge >= 0.3 is 5.97 Å². The first-order valence-corrected chi connectivity index (χ1v) is 7.57. The Labute approximate surface area is 137 Å². The molecule has 1 aliphatic heterocycles. The molecular formula is C17H14N4O3. The van der Waals surface area contributed by atoms with Crippen molar-refractivity contribution in [2.24, 2.45) is 0 Å². The first kappa shape index (κ1) is 14.4. The Bertz CT molecular complexity index is 963. The molecule has 120 valence electrons. The number of carbonyl (C=O) groups is 2. The Kier molecular flexibility index (Phi) is 3.26. The summed E-state index contributed by atoms with van der Waals surface area (Å²) in [6.45, 7) is 0.933. The summed E-state index contributed by atoms with van der Waals surface area (Å²) in [6.07, 6.45) is 3.30. The molecule has 0 unspecified atom stereocenters. The SMILES string of the molecule is O=C(O)c1nccnc1C(=O)N1CCc2[nH]c3ccccc3c2C1. The van der Waals surface area contributed by atoms with Crippen LogP contribution < -0.4 is 0 Å². The fourth-order valence-electron chi connectivity index (χ4n) is 3.14. The molecule has 0 bridgehead atoms. The molecule has 0 saturated carbocycles. The minimum absolute atomic E-state index is 0.117. The fourth-order valence-corrected chi connectivity index (χ4v) is 3.14. The Morgan fingerprint density at radius 1 is 1.12 bits per heavy atom. The van der Waals surface area contributed by atoms with Gasteiger partial charge in [0.25, 0.3) is 5.91 Å². The van der Waals surface area contributed by atoms with E-state index in [4.69, 9.17) is 0 Å². The molecule has 4 rings (SSSR count). The molecule has 7 heteroatoms. The van der Waals surface area contributed by atoms with Crippen molar-refractivity contribution < 1.29 is 14.7 Å². The van der Waals surface area contributed by atoms with Gasteiger partial charge in [0, 0.05) is 54.1 Å². The molecule has 2 N–H and O–H groups in total. The molecule has 0 radical (unpaired) electrons. The number of carboxylic acid groups (broad SMARTS) is 1. The number of nitrogens with one attached hydrogen (secondary N) is 1. The maximum atomic E-state index is 12.7. The predicted molar refractivity (Wildman–Crippen MR) is 85.7 cm³/mol. The number of carbonyl (C=O) groups excluding carboxylic acids is 1. The minimum atomic E-state index is -1.25. The summed E-state index contributed by atoms with van der Waals surface area (Å²) in [6, 6.07) is 7.95. The third kappa shape index (κ3) is 2.21. The molecule has 1 aliphatic rings. The van der Waals surface area contributed by atoms with E-state index in [-0.39, 0.29) is 11.4 Å². The van der Waals surface area contributed by atoms with Crippen molar-refractivity contribution in [1.82, 2.24) is 19.9 Å². The van der Waals surface area contributed by atoms with Gasteiger partial charge in [-0.1, -0.05) is 18.2 Å². The molecule has 3 heterocycles. The summed E-state index contributed by atoms with van der Waals surface area (Å²) >= 11 is 0. The Morgan fingerprint density at radius 3 is 2.67 bits per heavy atom. The van der Waals surface area contributed by atoms with Gasteiger partial charge in [0.05, 0.1) is 0 Å². The lowest BCUT2D eigenvalue weighted by Gasteiger charge is -2.27. The standard InChI is InChI=1S/C17H14N4O3/c22-16(14-15(17(23)24)19-7-6-18-14)21-8-5-13-11(9-21)10-3-1-2-4-12(10)20-13/h1-4,6-7,20H,5,8-9H2,(H,23,24). The highest BCUT2D eigenvalue weighted by Crippen LogP contribution is 2.28. The van der Waals surface area contributed by atoms with E-state index in [0.717, 1.165) is 22.2 Å². The molecule has 0 aliphatic carbocycles. The number of fused-ring (bicyclic) bond motifs is 3. The van der Waals surface area contributed by atoms with Gasteiger partial charge in [-0.2, -0.15) is 0 Å². The minimum Gasteiger partial charge on any atom is -0.476 e. The van der Waals surface area contributed by atoms with Gasteiger partial charge in [0.2, 0.25) is 0 Å². The number of rotatable bonds is 2. The highest BCUT2D eigenvalue weighted by Gasteiger charge is 2.28. The van der Waals surface area contributed by atoms with Crippen molar-refractivity contribution >= 4 is 22.8 Å². The molecule has 1 amide bonds. The largest absolute Gasteiger partial charge is 0.476 e. The van der Waals surface area contributed by atoms with Crippen LogP contribution in [0.5, 0.6) is 0 Å². The van der Waals surface area contributed by atoms with Crippen LogP contribution in [-0.2, 0) is 13.0 Å². The average Bonchev–Trinajstić information content (AvgIpc) is 2.99. The van der Waals surface area contributed by atoms with E-state index >= 15 is 0 Å². The molecule has 24 heavy (non-hydrogen) atoms. The normalized spacial score (nSPS) is 13.8. The van der Waals surface area contributed by atoms with E-state index in [1.54, 1.807) is 4.90 Å². The van der Waals surface area contributed by atoms with E-state index in [2.05, 4.69) is 15.0 Å². The summed E-state index contributed by atoms with van der Waals surface area (Å²) in [5.74, 6) is -1.66. The van der Waals surface area contributed by atoms with Crippen molar-refractivity contribution in [3.63, 3.8) is 0 Å². The van der Waals surface area contributed by atoms with E-state index in [0.29, 0.717) is 19.5 Å². The highest BCUT2D eigenvalue weighted by molar-refractivity contribution is 6.02. The first-order valence-electron chi connectivity index (χ1n) is 7.57. The van der Waals surface area contributed by atoms with Gasteiger partial charge in [-0.25, -0.2) is 14.8 Å². The maximum Gasteiger partial charge on any atom is 0.356 e.